The van der Waals surface area contributed by atoms with Crippen LogP contribution in [0.5, 0.6) is 0 Å². The molecule has 2 saturated carbocycles. The van der Waals surface area contributed by atoms with Crippen molar-refractivity contribution in [1.29, 1.82) is 0 Å². The number of hydrogen-bond acceptors (Lipinski definition) is 1. The molecule has 0 aliphatic heterocycles. The van der Waals surface area contributed by atoms with Gasteiger partial charge in [-0.2, -0.15) is 0 Å². The third-order valence-corrected chi connectivity index (χ3v) is 5.39. The first-order valence-corrected chi connectivity index (χ1v) is 8.61. The van der Waals surface area contributed by atoms with Crippen LogP contribution in [-0.4, -0.2) is 13.1 Å². The van der Waals surface area contributed by atoms with Crippen LogP contribution in [0.2, 0.25) is 0 Å². The fourth-order valence-corrected chi connectivity index (χ4v) is 4.19. The van der Waals surface area contributed by atoms with E-state index in [4.69, 9.17) is 0 Å². The maximum absolute atomic E-state index is 3.59. The van der Waals surface area contributed by atoms with Crippen molar-refractivity contribution in [3.8, 4) is 0 Å². The van der Waals surface area contributed by atoms with Crippen molar-refractivity contribution in [1.82, 2.24) is 5.32 Å². The molecule has 0 bridgehead atoms. The van der Waals surface area contributed by atoms with Crippen molar-refractivity contribution in [2.24, 2.45) is 17.8 Å². The summed E-state index contributed by atoms with van der Waals surface area (Å²) in [6.07, 6.45) is 16.6. The predicted molar refractivity (Wildman–Crippen MR) is 79.8 cm³/mol. The van der Waals surface area contributed by atoms with Gasteiger partial charge in [-0.25, -0.2) is 0 Å². The van der Waals surface area contributed by atoms with Gasteiger partial charge >= 0.3 is 0 Å². The Labute approximate surface area is 114 Å². The van der Waals surface area contributed by atoms with E-state index in [9.17, 15) is 0 Å². The van der Waals surface area contributed by atoms with Crippen LogP contribution in [0.25, 0.3) is 0 Å². The van der Waals surface area contributed by atoms with Crippen molar-refractivity contribution < 1.29 is 0 Å². The minimum absolute atomic E-state index is 0.988. The lowest BCUT2D eigenvalue weighted by molar-refractivity contribution is 0.196. The van der Waals surface area contributed by atoms with Gasteiger partial charge in [0, 0.05) is 0 Å². The second-order valence-electron chi connectivity index (χ2n) is 6.69. The molecule has 106 valence electrons. The number of nitrogens with one attached hydrogen (secondary N) is 1. The van der Waals surface area contributed by atoms with Gasteiger partial charge in [-0.3, -0.25) is 0 Å². The molecular formula is C17H33N. The van der Waals surface area contributed by atoms with Crippen LogP contribution in [0, 0.1) is 17.8 Å². The highest BCUT2D eigenvalue weighted by atomic mass is 14.8. The molecule has 0 aromatic heterocycles. The first-order chi connectivity index (χ1) is 8.90. The third-order valence-electron chi connectivity index (χ3n) is 5.39. The van der Waals surface area contributed by atoms with Gasteiger partial charge < -0.3 is 5.32 Å². The van der Waals surface area contributed by atoms with Crippen molar-refractivity contribution in [2.75, 3.05) is 13.1 Å². The standard InChI is InChI=1S/C17H33N/c1-2-18-14-17-11-7-6-10-16(17)13-12-15-8-4-3-5-9-15/h15-18H,2-14H2,1H3. The van der Waals surface area contributed by atoms with E-state index in [1.165, 1.54) is 77.2 Å². The Balaban J connectivity index is 1.70. The first-order valence-electron chi connectivity index (χ1n) is 8.61. The van der Waals surface area contributed by atoms with Crippen LogP contribution in [0.4, 0.5) is 0 Å². The molecule has 0 amide bonds. The van der Waals surface area contributed by atoms with Gasteiger partial charge in [0.1, 0.15) is 0 Å². The van der Waals surface area contributed by atoms with Crippen LogP contribution in [-0.2, 0) is 0 Å². The van der Waals surface area contributed by atoms with Gasteiger partial charge in [0.05, 0.1) is 0 Å². The van der Waals surface area contributed by atoms with Crippen LogP contribution in [0.15, 0.2) is 0 Å². The van der Waals surface area contributed by atoms with Gasteiger partial charge in [0.2, 0.25) is 0 Å². The Morgan fingerprint density at radius 1 is 0.778 bits per heavy atom. The molecule has 2 aliphatic carbocycles. The van der Waals surface area contributed by atoms with Gasteiger partial charge in [-0.15, -0.1) is 0 Å². The Bertz CT molecular complexity index is 208. The molecule has 0 spiro atoms. The summed E-state index contributed by atoms with van der Waals surface area (Å²) in [6.45, 7) is 4.66. The van der Waals surface area contributed by atoms with E-state index in [-0.39, 0.29) is 0 Å². The summed E-state index contributed by atoms with van der Waals surface area (Å²) in [5, 5.41) is 3.59. The fraction of sp³-hybridized carbons (Fsp3) is 1.00. The van der Waals surface area contributed by atoms with Gasteiger partial charge in [-0.1, -0.05) is 64.7 Å². The van der Waals surface area contributed by atoms with Crippen molar-refractivity contribution in [3.63, 3.8) is 0 Å². The van der Waals surface area contributed by atoms with Gasteiger partial charge in [-0.05, 0) is 43.7 Å². The minimum atomic E-state index is 0.988. The summed E-state index contributed by atoms with van der Waals surface area (Å²) < 4.78 is 0. The van der Waals surface area contributed by atoms with E-state index in [2.05, 4.69) is 12.2 Å². The monoisotopic (exact) mass is 251 g/mol. The van der Waals surface area contributed by atoms with Gasteiger partial charge in [0.15, 0.2) is 0 Å². The summed E-state index contributed by atoms with van der Waals surface area (Å²) in [6, 6.07) is 0. The zero-order valence-corrected chi connectivity index (χ0v) is 12.4. The van der Waals surface area contributed by atoms with E-state index in [0.29, 0.717) is 0 Å². The largest absolute Gasteiger partial charge is 0.317 e. The molecule has 0 radical (unpaired) electrons. The minimum Gasteiger partial charge on any atom is -0.317 e. The lowest BCUT2D eigenvalue weighted by atomic mass is 9.74. The molecule has 0 aromatic rings. The summed E-state index contributed by atoms with van der Waals surface area (Å²) in [7, 11) is 0. The Morgan fingerprint density at radius 2 is 1.44 bits per heavy atom. The number of rotatable bonds is 6. The average molecular weight is 251 g/mol. The average Bonchev–Trinajstić information content (AvgIpc) is 2.45. The smallest absolute Gasteiger partial charge is 0.00180 e. The molecule has 0 aromatic carbocycles. The lowest BCUT2D eigenvalue weighted by Crippen LogP contribution is -2.30. The van der Waals surface area contributed by atoms with Crippen LogP contribution in [0.3, 0.4) is 0 Å². The Kier molecular flexibility index (Phi) is 6.54. The quantitative estimate of drug-likeness (QED) is 0.717. The predicted octanol–water partition coefficient (Wildman–Crippen LogP) is 4.76. The zero-order valence-electron chi connectivity index (χ0n) is 12.4. The SMILES string of the molecule is CCNCC1CCCCC1CCC1CCCCC1. The fourth-order valence-electron chi connectivity index (χ4n) is 4.19. The summed E-state index contributed by atoms with van der Waals surface area (Å²) >= 11 is 0. The third kappa shape index (κ3) is 4.57. The summed E-state index contributed by atoms with van der Waals surface area (Å²) in [5.74, 6) is 3.11. The molecule has 2 fully saturated rings. The maximum atomic E-state index is 3.59. The van der Waals surface area contributed by atoms with Crippen molar-refractivity contribution in [3.05, 3.63) is 0 Å². The van der Waals surface area contributed by atoms with Gasteiger partial charge in [0.25, 0.3) is 0 Å². The first kappa shape index (κ1) is 14.4. The summed E-state index contributed by atoms with van der Waals surface area (Å²) in [4.78, 5) is 0. The maximum Gasteiger partial charge on any atom is -0.00180 e. The highest BCUT2D eigenvalue weighted by molar-refractivity contribution is 4.78. The molecular weight excluding hydrogens is 218 g/mol. The molecule has 2 atom stereocenters. The van der Waals surface area contributed by atoms with E-state index >= 15 is 0 Å². The van der Waals surface area contributed by atoms with E-state index < -0.39 is 0 Å². The topological polar surface area (TPSA) is 12.0 Å². The molecule has 1 heteroatoms. The van der Waals surface area contributed by atoms with E-state index in [0.717, 1.165) is 24.3 Å². The molecule has 0 heterocycles. The summed E-state index contributed by atoms with van der Waals surface area (Å²) in [5.41, 5.74) is 0. The second-order valence-corrected chi connectivity index (χ2v) is 6.69. The van der Waals surface area contributed by atoms with Crippen molar-refractivity contribution >= 4 is 0 Å². The van der Waals surface area contributed by atoms with Crippen LogP contribution in [0.1, 0.15) is 77.6 Å². The molecule has 2 unspecified atom stereocenters. The van der Waals surface area contributed by atoms with E-state index in [1.807, 2.05) is 0 Å². The molecule has 2 aliphatic rings. The zero-order chi connectivity index (χ0) is 12.6. The van der Waals surface area contributed by atoms with E-state index in [1.54, 1.807) is 0 Å². The highest BCUT2D eigenvalue weighted by Crippen LogP contribution is 2.36. The normalized spacial score (nSPS) is 30.5. The number of hydrogen-bond donors (Lipinski definition) is 1. The molecule has 1 N–H and O–H groups in total. The molecule has 0 saturated heterocycles. The lowest BCUT2D eigenvalue weighted by Gasteiger charge is -2.33. The van der Waals surface area contributed by atoms with Crippen molar-refractivity contribution in [2.45, 2.75) is 77.6 Å². The molecule has 18 heavy (non-hydrogen) atoms. The second kappa shape index (κ2) is 8.19. The van der Waals surface area contributed by atoms with Crippen LogP contribution >= 0.6 is 0 Å². The van der Waals surface area contributed by atoms with Crippen LogP contribution < -0.4 is 5.32 Å². The Hall–Kier alpha value is -0.0400. The highest BCUT2D eigenvalue weighted by Gasteiger charge is 2.25. The molecule has 2 rings (SSSR count). The molecule has 1 nitrogen and oxygen atoms in total. The Morgan fingerprint density at radius 3 is 2.17 bits per heavy atom.